The molecule has 0 radical (unpaired) electrons. The van der Waals surface area contributed by atoms with Crippen molar-refractivity contribution in [1.29, 1.82) is 0 Å². The predicted octanol–water partition coefficient (Wildman–Crippen LogP) is 2.92. The van der Waals surface area contributed by atoms with Crippen LogP contribution < -0.4 is 10.5 Å². The van der Waals surface area contributed by atoms with Crippen molar-refractivity contribution >= 4 is 0 Å². The van der Waals surface area contributed by atoms with Crippen molar-refractivity contribution in [2.75, 3.05) is 0 Å². The molecule has 0 atom stereocenters. The minimum absolute atomic E-state index is 0. The Kier molecular flexibility index (Phi) is 8.83. The van der Waals surface area contributed by atoms with Crippen molar-refractivity contribution in [3.05, 3.63) is 40.2 Å². The van der Waals surface area contributed by atoms with Crippen LogP contribution in [-0.2, 0) is 26.5 Å². The zero-order valence-electron chi connectivity index (χ0n) is 11.0. The average molecular weight is 391 g/mol. The van der Waals surface area contributed by atoms with E-state index in [1.807, 2.05) is 6.07 Å². The van der Waals surface area contributed by atoms with Gasteiger partial charge >= 0.3 is 21.1 Å². The molecule has 0 aliphatic carbocycles. The van der Waals surface area contributed by atoms with E-state index < -0.39 is 0 Å². The van der Waals surface area contributed by atoms with Gasteiger partial charge in [-0.15, -0.1) is 0 Å². The summed E-state index contributed by atoms with van der Waals surface area (Å²) in [6, 6.07) is 3.33. The molecule has 1 aromatic rings. The van der Waals surface area contributed by atoms with Crippen LogP contribution in [0.1, 0.15) is 47.1 Å². The monoisotopic (exact) mass is 391 g/mol. The Morgan fingerprint density at radius 1 is 1.12 bits per heavy atom. The van der Waals surface area contributed by atoms with Crippen molar-refractivity contribution in [1.82, 2.24) is 4.98 Å². The molecule has 0 N–H and O–H groups in total. The smallest absolute Gasteiger partial charge is 0.629 e. The normalized spacial score (nSPS) is 10.2. The predicted molar refractivity (Wildman–Crippen MR) is 65.0 cm³/mol. The zero-order chi connectivity index (χ0) is 12.1. The Morgan fingerprint density at radius 2 is 1.56 bits per heavy atom. The summed E-state index contributed by atoms with van der Waals surface area (Å²) in [4.78, 5) is 14.3. The first-order valence-corrected chi connectivity index (χ1v) is 5.14. The maximum absolute atomic E-state index is 10.6. The summed E-state index contributed by atoms with van der Waals surface area (Å²) < 4.78 is 0. The van der Waals surface area contributed by atoms with E-state index in [0.717, 1.165) is 5.56 Å². The minimum atomic E-state index is -0.169. The third kappa shape index (κ3) is 8.91. The Labute approximate surface area is 113 Å². The third-order valence-corrected chi connectivity index (χ3v) is 1.60. The summed E-state index contributed by atoms with van der Waals surface area (Å²) >= 11 is 0. The van der Waals surface area contributed by atoms with E-state index in [-0.39, 0.29) is 32.0 Å². The minimum Gasteiger partial charge on any atom is -0.629 e. The van der Waals surface area contributed by atoms with E-state index >= 15 is 0 Å². The molecule has 0 saturated heterocycles. The second-order valence-corrected chi connectivity index (χ2v) is 5.14. The molecule has 0 bridgehead atoms. The summed E-state index contributed by atoms with van der Waals surface area (Å²) in [6.45, 7) is 12.5. The first kappa shape index (κ1) is 18.0. The van der Waals surface area contributed by atoms with E-state index in [9.17, 15) is 4.79 Å². The molecule has 0 amide bonds. The van der Waals surface area contributed by atoms with Gasteiger partial charge in [0.2, 0.25) is 0 Å². The van der Waals surface area contributed by atoms with Crippen molar-refractivity contribution in [2.45, 2.75) is 47.0 Å². The van der Waals surface area contributed by atoms with Crippen LogP contribution in [0.2, 0.25) is 0 Å². The van der Waals surface area contributed by atoms with Gasteiger partial charge in [-0.05, 0) is 11.5 Å². The molecular weight excluding hydrogens is 370 g/mol. The molecule has 0 aliphatic rings. The van der Waals surface area contributed by atoms with Gasteiger partial charge in [-0.1, -0.05) is 32.4 Å². The zero-order valence-corrected chi connectivity index (χ0v) is 13.9. The van der Waals surface area contributed by atoms with Crippen molar-refractivity contribution in [3.8, 4) is 0 Å². The van der Waals surface area contributed by atoms with E-state index in [1.54, 1.807) is 6.20 Å². The second kappa shape index (κ2) is 7.84. The van der Waals surface area contributed by atoms with Crippen molar-refractivity contribution < 1.29 is 21.1 Å². The van der Waals surface area contributed by atoms with Crippen LogP contribution in [0.3, 0.4) is 0 Å². The van der Waals surface area contributed by atoms with Gasteiger partial charge in [0.05, 0.1) is 5.56 Å². The summed E-state index contributed by atoms with van der Waals surface area (Å²) in [7, 11) is 0. The molecule has 1 heterocycles. The Morgan fingerprint density at radius 3 is 1.81 bits per heavy atom. The topological polar surface area (TPSA) is 31.2 Å². The van der Waals surface area contributed by atoms with Crippen LogP contribution in [0.5, 0.6) is 0 Å². The van der Waals surface area contributed by atoms with Gasteiger partial charge in [0.25, 0.3) is 0 Å². The molecule has 3 heteroatoms. The van der Waals surface area contributed by atoms with E-state index in [0.29, 0.717) is 0 Å². The first-order chi connectivity index (χ1) is 6.73. The number of nitrogens with zero attached hydrogens (tertiary/aromatic N) is 1. The summed E-state index contributed by atoms with van der Waals surface area (Å²) in [5, 5.41) is 0. The van der Waals surface area contributed by atoms with Crippen molar-refractivity contribution in [2.24, 2.45) is 0 Å². The largest absolute Gasteiger partial charge is 2.00 e. The number of rotatable bonds is 0. The standard InChI is InChI=1S/C9H13NO.C4H9.W/c1-9(2,3)7-4-5-8(11)10-6-7;1-4(2)3;/h4-6H,1-3H3,(H,10,11);1-3H3;/q;-1;+2/p-1. The molecule has 16 heavy (non-hydrogen) atoms. The van der Waals surface area contributed by atoms with E-state index in [2.05, 4.69) is 46.5 Å². The van der Waals surface area contributed by atoms with Gasteiger partial charge in [0.15, 0.2) is 0 Å². The average Bonchev–Trinajstić information content (AvgIpc) is 2.01. The van der Waals surface area contributed by atoms with Gasteiger partial charge in [0, 0.05) is 0 Å². The van der Waals surface area contributed by atoms with Crippen LogP contribution in [0.15, 0.2) is 23.1 Å². The van der Waals surface area contributed by atoms with Crippen LogP contribution in [0.25, 0.3) is 0 Å². The maximum atomic E-state index is 10.6. The number of pyridine rings is 1. The van der Waals surface area contributed by atoms with Gasteiger partial charge in [-0.3, -0.25) is 0 Å². The summed E-state index contributed by atoms with van der Waals surface area (Å²) in [5.41, 5.74) is 1.01. The molecule has 0 saturated carbocycles. The van der Waals surface area contributed by atoms with Crippen LogP contribution in [-0.4, -0.2) is 0 Å². The Bertz CT molecular complexity index is 313. The fraction of sp³-hybridized carbons (Fsp3) is 0.538. The molecule has 2 nitrogen and oxygen atoms in total. The molecule has 0 fully saturated rings. The van der Waals surface area contributed by atoms with Gasteiger partial charge < -0.3 is 15.7 Å². The SMILES string of the molecule is CC(C)(C)c1ccc(=O)[n-]c1.C[C-](C)C.[W+2]. The van der Waals surface area contributed by atoms with Crippen LogP contribution >= 0.6 is 0 Å². The fourth-order valence-electron chi connectivity index (χ4n) is 0.824. The van der Waals surface area contributed by atoms with Gasteiger partial charge in [-0.2, -0.15) is 27.0 Å². The molecule has 90 valence electrons. The Hall–Kier alpha value is -0.362. The van der Waals surface area contributed by atoms with Gasteiger partial charge in [-0.25, -0.2) is 0 Å². The van der Waals surface area contributed by atoms with Crippen LogP contribution in [0, 0.1) is 5.92 Å². The summed E-state index contributed by atoms with van der Waals surface area (Å²) in [5.74, 6) is 1.42. The van der Waals surface area contributed by atoms with Gasteiger partial charge in [0.1, 0.15) is 0 Å². The third-order valence-electron chi connectivity index (χ3n) is 1.60. The molecule has 0 aliphatic heterocycles. The quantitative estimate of drug-likeness (QED) is 0.637. The van der Waals surface area contributed by atoms with Crippen molar-refractivity contribution in [3.63, 3.8) is 0 Å². The number of hydrogen-bond acceptors (Lipinski definition) is 1. The van der Waals surface area contributed by atoms with E-state index in [4.69, 9.17) is 0 Å². The molecule has 0 unspecified atom stereocenters. The molecular formula is C13H21NOW. The van der Waals surface area contributed by atoms with Crippen LogP contribution in [0.4, 0.5) is 0 Å². The number of aromatic nitrogens is 1. The molecule has 1 aromatic heterocycles. The Balaban J connectivity index is 0. The molecule has 0 spiro atoms. The van der Waals surface area contributed by atoms with E-state index in [1.165, 1.54) is 12.0 Å². The maximum Gasteiger partial charge on any atom is 2.00 e. The summed E-state index contributed by atoms with van der Waals surface area (Å²) in [6.07, 6.45) is 1.64. The first-order valence-electron chi connectivity index (χ1n) is 5.14. The molecule has 1 rings (SSSR count). The number of hydrogen-bond donors (Lipinski definition) is 0. The fourth-order valence-corrected chi connectivity index (χ4v) is 0.824. The second-order valence-electron chi connectivity index (χ2n) is 5.14. The molecule has 0 aromatic carbocycles.